The van der Waals surface area contributed by atoms with Gasteiger partial charge in [-0.25, -0.2) is 0 Å². The van der Waals surface area contributed by atoms with Gasteiger partial charge in [0, 0.05) is 29.0 Å². The van der Waals surface area contributed by atoms with Crippen molar-refractivity contribution in [3.8, 4) is 0 Å². The average Bonchev–Trinajstić information content (AvgIpc) is 2.59. The molecule has 0 aliphatic heterocycles. The third-order valence-electron chi connectivity index (χ3n) is 2.70. The maximum atomic E-state index is 4.34. The summed E-state index contributed by atoms with van der Waals surface area (Å²) < 4.78 is 0. The topological polar surface area (TPSA) is 12.9 Å². The summed E-state index contributed by atoms with van der Waals surface area (Å²) in [7, 11) is 0. The molecule has 0 spiro atoms. The molecule has 1 saturated carbocycles. The molecule has 0 radical (unpaired) electrons. The smallest absolute Gasteiger partial charge is 0.0406 e. The molecule has 13 heavy (non-hydrogen) atoms. The summed E-state index contributed by atoms with van der Waals surface area (Å²) in [6.07, 6.45) is 8.77. The van der Waals surface area contributed by atoms with Crippen molar-refractivity contribution in [1.82, 2.24) is 4.98 Å². The van der Waals surface area contributed by atoms with E-state index in [0.29, 0.717) is 0 Å². The van der Waals surface area contributed by atoms with Gasteiger partial charge in [0.05, 0.1) is 0 Å². The van der Waals surface area contributed by atoms with Crippen LogP contribution in [0.4, 0.5) is 0 Å². The van der Waals surface area contributed by atoms with Gasteiger partial charge < -0.3 is 0 Å². The third-order valence-corrected chi connectivity index (χ3v) is 2.70. The summed E-state index contributed by atoms with van der Waals surface area (Å²) >= 11 is 0. The van der Waals surface area contributed by atoms with E-state index < -0.39 is 0 Å². The molecule has 2 rings (SSSR count). The molecule has 0 bridgehead atoms. The van der Waals surface area contributed by atoms with Gasteiger partial charge in [-0.3, -0.25) is 4.98 Å². The van der Waals surface area contributed by atoms with E-state index in [4.69, 9.17) is 0 Å². The van der Waals surface area contributed by atoms with Crippen LogP contribution >= 0.6 is 0 Å². The van der Waals surface area contributed by atoms with Crippen LogP contribution in [0, 0.1) is 5.92 Å². The van der Waals surface area contributed by atoms with Crippen LogP contribution in [-0.4, -0.2) is 4.98 Å². The molecule has 0 atom stereocenters. The van der Waals surface area contributed by atoms with E-state index in [0.717, 1.165) is 5.92 Å². The van der Waals surface area contributed by atoms with Crippen molar-refractivity contribution in [2.24, 2.45) is 5.92 Å². The number of rotatable bonds is 2. The SMILES string of the molecule is [Fe].c1ccc(CC2CCCC2)nc1. The van der Waals surface area contributed by atoms with E-state index in [2.05, 4.69) is 17.1 Å². The summed E-state index contributed by atoms with van der Waals surface area (Å²) in [6.45, 7) is 0. The Morgan fingerprint density at radius 1 is 1.23 bits per heavy atom. The molecule has 0 aromatic carbocycles. The van der Waals surface area contributed by atoms with Gasteiger partial charge in [-0.05, 0) is 24.5 Å². The minimum Gasteiger partial charge on any atom is -0.261 e. The zero-order valence-electron chi connectivity index (χ0n) is 7.72. The second-order valence-electron chi connectivity index (χ2n) is 3.68. The van der Waals surface area contributed by atoms with Gasteiger partial charge in [0.1, 0.15) is 0 Å². The van der Waals surface area contributed by atoms with Gasteiger partial charge in [0.25, 0.3) is 0 Å². The molecule has 0 saturated heterocycles. The van der Waals surface area contributed by atoms with Crippen LogP contribution in [0.1, 0.15) is 31.4 Å². The number of hydrogen-bond acceptors (Lipinski definition) is 1. The molecule has 1 heterocycles. The van der Waals surface area contributed by atoms with Crippen molar-refractivity contribution < 1.29 is 17.1 Å². The van der Waals surface area contributed by atoms with E-state index in [1.165, 1.54) is 37.8 Å². The molecule has 1 fully saturated rings. The first-order valence-corrected chi connectivity index (χ1v) is 4.85. The van der Waals surface area contributed by atoms with Crippen molar-refractivity contribution in [1.29, 1.82) is 0 Å². The Balaban J connectivity index is 0.000000845. The van der Waals surface area contributed by atoms with E-state index in [1.54, 1.807) is 0 Å². The molecular weight excluding hydrogens is 202 g/mol. The first-order chi connectivity index (χ1) is 5.95. The minimum absolute atomic E-state index is 0. The molecule has 0 N–H and O–H groups in total. The summed E-state index contributed by atoms with van der Waals surface area (Å²) in [5, 5.41) is 0. The molecule has 72 valence electrons. The largest absolute Gasteiger partial charge is 0.261 e. The fourth-order valence-corrected chi connectivity index (χ4v) is 2.03. The first-order valence-electron chi connectivity index (χ1n) is 4.85. The molecule has 0 unspecified atom stereocenters. The van der Waals surface area contributed by atoms with Crippen LogP contribution in [0.3, 0.4) is 0 Å². The predicted octanol–water partition coefficient (Wildman–Crippen LogP) is 2.81. The van der Waals surface area contributed by atoms with Gasteiger partial charge in [0.15, 0.2) is 0 Å². The summed E-state index contributed by atoms with van der Waals surface area (Å²) in [4.78, 5) is 4.34. The second kappa shape index (κ2) is 5.41. The van der Waals surface area contributed by atoms with Gasteiger partial charge in [-0.1, -0.05) is 31.7 Å². The van der Waals surface area contributed by atoms with Crippen molar-refractivity contribution in [2.75, 3.05) is 0 Å². The maximum Gasteiger partial charge on any atom is 0.0406 e. The zero-order valence-corrected chi connectivity index (χ0v) is 8.83. The van der Waals surface area contributed by atoms with Gasteiger partial charge in [-0.2, -0.15) is 0 Å². The monoisotopic (exact) mass is 217 g/mol. The molecule has 2 heteroatoms. The van der Waals surface area contributed by atoms with Gasteiger partial charge in [0.2, 0.25) is 0 Å². The van der Waals surface area contributed by atoms with Crippen LogP contribution < -0.4 is 0 Å². The molecule has 1 aliphatic carbocycles. The molecule has 1 aromatic heterocycles. The normalized spacial score (nSPS) is 16.9. The first kappa shape index (κ1) is 10.7. The summed E-state index contributed by atoms with van der Waals surface area (Å²) in [6, 6.07) is 6.20. The Morgan fingerprint density at radius 2 is 2.00 bits per heavy atom. The predicted molar refractivity (Wildman–Crippen MR) is 49.9 cm³/mol. The zero-order chi connectivity index (χ0) is 8.23. The summed E-state index contributed by atoms with van der Waals surface area (Å²) in [5.41, 5.74) is 1.27. The fraction of sp³-hybridized carbons (Fsp3) is 0.545. The number of pyridine rings is 1. The van der Waals surface area contributed by atoms with Crippen LogP contribution in [0.2, 0.25) is 0 Å². The van der Waals surface area contributed by atoms with E-state index in [1.807, 2.05) is 12.3 Å². The molecule has 1 aliphatic rings. The molecular formula is C11H15FeN. The number of hydrogen-bond donors (Lipinski definition) is 0. The van der Waals surface area contributed by atoms with Crippen LogP contribution in [-0.2, 0) is 23.5 Å². The Hall–Kier alpha value is -0.331. The van der Waals surface area contributed by atoms with Crippen molar-refractivity contribution in [3.63, 3.8) is 0 Å². The fourth-order valence-electron chi connectivity index (χ4n) is 2.03. The third kappa shape index (κ3) is 3.13. The van der Waals surface area contributed by atoms with Gasteiger partial charge >= 0.3 is 0 Å². The second-order valence-corrected chi connectivity index (χ2v) is 3.68. The molecule has 1 nitrogen and oxygen atoms in total. The van der Waals surface area contributed by atoms with Crippen molar-refractivity contribution in [2.45, 2.75) is 32.1 Å². The van der Waals surface area contributed by atoms with E-state index >= 15 is 0 Å². The Morgan fingerprint density at radius 3 is 2.62 bits per heavy atom. The van der Waals surface area contributed by atoms with Crippen LogP contribution in [0.15, 0.2) is 24.4 Å². The average molecular weight is 217 g/mol. The number of aromatic nitrogens is 1. The Labute approximate surface area is 90.4 Å². The van der Waals surface area contributed by atoms with E-state index in [9.17, 15) is 0 Å². The number of nitrogens with zero attached hydrogens (tertiary/aromatic N) is 1. The molecule has 1 aromatic rings. The van der Waals surface area contributed by atoms with Gasteiger partial charge in [-0.15, -0.1) is 0 Å². The molecule has 0 amide bonds. The van der Waals surface area contributed by atoms with Crippen LogP contribution in [0.5, 0.6) is 0 Å². The van der Waals surface area contributed by atoms with Crippen LogP contribution in [0.25, 0.3) is 0 Å². The summed E-state index contributed by atoms with van der Waals surface area (Å²) in [5.74, 6) is 0.917. The van der Waals surface area contributed by atoms with Crippen molar-refractivity contribution >= 4 is 0 Å². The van der Waals surface area contributed by atoms with Crippen molar-refractivity contribution in [3.05, 3.63) is 30.1 Å². The maximum absolute atomic E-state index is 4.34. The van der Waals surface area contributed by atoms with E-state index in [-0.39, 0.29) is 17.1 Å². The quantitative estimate of drug-likeness (QED) is 0.694. The Bertz CT molecular complexity index is 229. The Kier molecular flexibility index (Phi) is 4.47. The minimum atomic E-state index is 0. The standard InChI is InChI=1S/C11H15N.Fe/c1-2-6-10(5-1)9-11-7-3-4-8-12-11;/h3-4,7-8,10H,1-2,5-6,9H2;.